The van der Waals surface area contributed by atoms with Gasteiger partial charge >= 0.3 is 0 Å². The molecule has 0 unspecified atom stereocenters. The van der Waals surface area contributed by atoms with Crippen molar-refractivity contribution in [1.82, 2.24) is 4.98 Å². The van der Waals surface area contributed by atoms with E-state index in [9.17, 15) is 0 Å². The van der Waals surface area contributed by atoms with Crippen molar-refractivity contribution in [3.63, 3.8) is 0 Å². The third-order valence-electron chi connectivity index (χ3n) is 1.13. The van der Waals surface area contributed by atoms with Gasteiger partial charge in [-0.3, -0.25) is 0 Å². The minimum Gasteiger partial charge on any atom is -0.383 e. The Morgan fingerprint density at radius 3 is 2.90 bits per heavy atom. The monoisotopic (exact) mass is 198 g/mol. The van der Waals surface area contributed by atoms with Crippen LogP contribution in [0, 0.1) is 0 Å². The van der Waals surface area contributed by atoms with Crippen LogP contribution in [0.25, 0.3) is 6.08 Å². The van der Waals surface area contributed by atoms with Crippen molar-refractivity contribution in [1.29, 1.82) is 0 Å². The maximum absolute atomic E-state index is 5.45. The topological polar surface area (TPSA) is 38.9 Å². The van der Waals surface area contributed by atoms with Crippen molar-refractivity contribution < 1.29 is 0 Å². The van der Waals surface area contributed by atoms with Crippen LogP contribution in [0.3, 0.4) is 0 Å². The Morgan fingerprint density at radius 2 is 2.40 bits per heavy atom. The average Bonchev–Trinajstić information content (AvgIpc) is 1.95. The van der Waals surface area contributed by atoms with E-state index in [-0.39, 0.29) is 0 Å². The number of hydrogen-bond acceptors (Lipinski definition) is 2. The molecule has 1 rings (SSSR count). The zero-order valence-corrected chi connectivity index (χ0v) is 6.93. The van der Waals surface area contributed by atoms with E-state index in [0.717, 1.165) is 10.0 Å². The second-order valence-corrected chi connectivity index (χ2v) is 2.69. The molecule has 0 saturated carbocycles. The van der Waals surface area contributed by atoms with Crippen LogP contribution in [0.2, 0.25) is 0 Å². The molecule has 0 radical (unpaired) electrons. The van der Waals surface area contributed by atoms with E-state index in [1.54, 1.807) is 12.3 Å². The van der Waals surface area contributed by atoms with E-state index in [1.165, 1.54) is 0 Å². The lowest BCUT2D eigenvalue weighted by atomic mass is 10.3. The van der Waals surface area contributed by atoms with Crippen molar-refractivity contribution in [3.05, 3.63) is 28.9 Å². The first-order valence-electron chi connectivity index (χ1n) is 2.77. The van der Waals surface area contributed by atoms with Crippen molar-refractivity contribution >= 4 is 27.8 Å². The lowest BCUT2D eigenvalue weighted by molar-refractivity contribution is 1.31. The first-order chi connectivity index (χ1) is 4.74. The molecule has 2 N–H and O–H groups in total. The van der Waals surface area contributed by atoms with Crippen LogP contribution < -0.4 is 5.73 Å². The molecule has 1 heterocycles. The van der Waals surface area contributed by atoms with Gasteiger partial charge in [-0.2, -0.15) is 0 Å². The fraction of sp³-hybridized carbons (Fsp3) is 0. The summed E-state index contributed by atoms with van der Waals surface area (Å²) in [5.74, 6) is 0.505. The lowest BCUT2D eigenvalue weighted by Crippen LogP contribution is -1.90. The summed E-state index contributed by atoms with van der Waals surface area (Å²) in [6.07, 6.45) is 3.39. The van der Waals surface area contributed by atoms with Gasteiger partial charge in [0.15, 0.2) is 0 Å². The molecule has 0 fully saturated rings. The zero-order chi connectivity index (χ0) is 7.56. The Kier molecular flexibility index (Phi) is 2.06. The van der Waals surface area contributed by atoms with Crippen LogP contribution in [0.15, 0.2) is 23.3 Å². The summed E-state index contributed by atoms with van der Waals surface area (Å²) in [5, 5.41) is 0. The molecule has 10 heavy (non-hydrogen) atoms. The number of aromatic nitrogens is 1. The van der Waals surface area contributed by atoms with Crippen LogP contribution in [-0.4, -0.2) is 4.98 Å². The molecule has 0 aliphatic heterocycles. The van der Waals surface area contributed by atoms with Gasteiger partial charge in [0.2, 0.25) is 0 Å². The van der Waals surface area contributed by atoms with E-state index in [4.69, 9.17) is 5.73 Å². The largest absolute Gasteiger partial charge is 0.383 e. The molecule has 2 nitrogen and oxygen atoms in total. The van der Waals surface area contributed by atoms with Crippen LogP contribution >= 0.6 is 15.9 Å². The molecule has 0 atom stereocenters. The number of pyridine rings is 1. The first-order valence-corrected chi connectivity index (χ1v) is 3.57. The molecule has 0 aliphatic carbocycles. The van der Waals surface area contributed by atoms with Gasteiger partial charge in [-0.05, 0) is 27.6 Å². The minimum absolute atomic E-state index is 0.505. The minimum atomic E-state index is 0.505. The SMILES string of the molecule is C=Cc1cnc(N)c(Br)c1. The summed E-state index contributed by atoms with van der Waals surface area (Å²) >= 11 is 3.25. The summed E-state index contributed by atoms with van der Waals surface area (Å²) in [5.41, 5.74) is 6.41. The summed E-state index contributed by atoms with van der Waals surface area (Å²) in [7, 11) is 0. The van der Waals surface area contributed by atoms with E-state index >= 15 is 0 Å². The summed E-state index contributed by atoms with van der Waals surface area (Å²) in [6, 6.07) is 1.87. The summed E-state index contributed by atoms with van der Waals surface area (Å²) < 4.78 is 0.810. The van der Waals surface area contributed by atoms with E-state index in [0.29, 0.717) is 5.82 Å². The fourth-order valence-electron chi connectivity index (χ4n) is 0.575. The predicted molar refractivity (Wildman–Crippen MR) is 46.4 cm³/mol. The van der Waals surface area contributed by atoms with Crippen LogP contribution in [0.4, 0.5) is 5.82 Å². The number of nitrogen functional groups attached to an aromatic ring is 1. The maximum Gasteiger partial charge on any atom is 0.137 e. The number of halogens is 1. The van der Waals surface area contributed by atoms with Crippen molar-refractivity contribution in [2.45, 2.75) is 0 Å². The van der Waals surface area contributed by atoms with Crippen molar-refractivity contribution in [3.8, 4) is 0 Å². The third kappa shape index (κ3) is 1.36. The molecule has 1 aromatic heterocycles. The number of nitrogens with zero attached hydrogens (tertiary/aromatic N) is 1. The molecule has 0 saturated heterocycles. The number of nitrogens with two attached hydrogens (primary N) is 1. The highest BCUT2D eigenvalue weighted by molar-refractivity contribution is 9.10. The Balaban J connectivity index is 3.16. The zero-order valence-electron chi connectivity index (χ0n) is 5.34. The lowest BCUT2D eigenvalue weighted by Gasteiger charge is -1.96. The molecule has 1 aromatic rings. The third-order valence-corrected chi connectivity index (χ3v) is 1.76. The average molecular weight is 199 g/mol. The fourth-order valence-corrected chi connectivity index (χ4v) is 0.942. The normalized spacial score (nSPS) is 9.30. The van der Waals surface area contributed by atoms with Crippen molar-refractivity contribution in [2.24, 2.45) is 0 Å². The highest BCUT2D eigenvalue weighted by Crippen LogP contribution is 2.17. The molecule has 0 amide bonds. The van der Waals surface area contributed by atoms with E-state index in [1.807, 2.05) is 6.07 Å². The number of hydrogen-bond donors (Lipinski definition) is 1. The van der Waals surface area contributed by atoms with Gasteiger partial charge < -0.3 is 5.73 Å². The smallest absolute Gasteiger partial charge is 0.137 e. The number of rotatable bonds is 1. The Hall–Kier alpha value is -0.830. The summed E-state index contributed by atoms with van der Waals surface area (Å²) in [4.78, 5) is 3.91. The van der Waals surface area contributed by atoms with Crippen LogP contribution in [0.1, 0.15) is 5.56 Å². The van der Waals surface area contributed by atoms with Gasteiger partial charge in [-0.1, -0.05) is 12.7 Å². The van der Waals surface area contributed by atoms with E-state index in [2.05, 4.69) is 27.5 Å². The molecular weight excluding hydrogens is 192 g/mol. The second-order valence-electron chi connectivity index (χ2n) is 1.84. The van der Waals surface area contributed by atoms with Gasteiger partial charge in [0.05, 0.1) is 4.47 Å². The van der Waals surface area contributed by atoms with Gasteiger partial charge in [0, 0.05) is 6.20 Å². The van der Waals surface area contributed by atoms with E-state index < -0.39 is 0 Å². The number of anilines is 1. The van der Waals surface area contributed by atoms with Gasteiger partial charge in [-0.15, -0.1) is 0 Å². The highest BCUT2D eigenvalue weighted by atomic mass is 79.9. The Labute approximate surface area is 67.9 Å². The Morgan fingerprint density at radius 1 is 1.70 bits per heavy atom. The summed E-state index contributed by atoms with van der Waals surface area (Å²) in [6.45, 7) is 3.60. The Bertz CT molecular complexity index is 258. The maximum atomic E-state index is 5.45. The second kappa shape index (κ2) is 2.84. The molecule has 0 aromatic carbocycles. The molecule has 0 bridgehead atoms. The quantitative estimate of drug-likeness (QED) is 0.751. The molecule has 3 heteroatoms. The molecule has 52 valence electrons. The molecular formula is C7H7BrN2. The van der Waals surface area contributed by atoms with Gasteiger partial charge in [-0.25, -0.2) is 4.98 Å². The molecule has 0 spiro atoms. The van der Waals surface area contributed by atoms with Crippen molar-refractivity contribution in [2.75, 3.05) is 5.73 Å². The van der Waals surface area contributed by atoms with Crippen LogP contribution in [-0.2, 0) is 0 Å². The van der Waals surface area contributed by atoms with Crippen LogP contribution in [0.5, 0.6) is 0 Å². The molecule has 0 aliphatic rings. The predicted octanol–water partition coefficient (Wildman–Crippen LogP) is 2.07. The van der Waals surface area contributed by atoms with Gasteiger partial charge in [0.25, 0.3) is 0 Å². The first kappa shape index (κ1) is 7.28. The van der Waals surface area contributed by atoms with Gasteiger partial charge in [0.1, 0.15) is 5.82 Å². The highest BCUT2D eigenvalue weighted by Gasteiger charge is 1.94. The standard InChI is InChI=1S/C7H7BrN2/c1-2-5-3-6(8)7(9)10-4-5/h2-4H,1H2,(H2,9,10).